The van der Waals surface area contributed by atoms with Crippen LogP contribution in [0, 0.1) is 0 Å². The van der Waals surface area contributed by atoms with Gasteiger partial charge in [0.05, 0.1) is 30.0 Å². The minimum absolute atomic E-state index is 0.130. The quantitative estimate of drug-likeness (QED) is 0.252. The van der Waals surface area contributed by atoms with E-state index in [0.717, 1.165) is 21.9 Å². The number of methoxy groups -OCH3 is 2. The van der Waals surface area contributed by atoms with Crippen molar-refractivity contribution in [1.82, 2.24) is 9.78 Å². The molecule has 0 fully saturated rings. The molecule has 0 saturated carbocycles. The van der Waals surface area contributed by atoms with E-state index >= 15 is 0 Å². The summed E-state index contributed by atoms with van der Waals surface area (Å²) in [6.07, 6.45) is -4.65. The first-order chi connectivity index (χ1) is 16.7. The van der Waals surface area contributed by atoms with Gasteiger partial charge in [0.25, 0.3) is 0 Å². The molecule has 1 heterocycles. The van der Waals surface area contributed by atoms with Crippen molar-refractivity contribution in [3.8, 4) is 34.1 Å². The topological polar surface area (TPSA) is 45.5 Å². The predicted molar refractivity (Wildman–Crippen MR) is 128 cm³/mol. The van der Waals surface area contributed by atoms with Gasteiger partial charge in [0.1, 0.15) is 29.5 Å². The third-order valence-electron chi connectivity index (χ3n) is 5.18. The highest BCUT2D eigenvalue weighted by molar-refractivity contribution is 6.37. The first-order valence-corrected chi connectivity index (χ1v) is 11.0. The van der Waals surface area contributed by atoms with Crippen LogP contribution in [0.15, 0.2) is 66.7 Å². The Kier molecular flexibility index (Phi) is 7.14. The average Bonchev–Trinajstić information content (AvgIpc) is 3.27. The smallest absolute Gasteiger partial charge is 0.435 e. The number of alkyl halides is 3. The molecule has 0 bridgehead atoms. The van der Waals surface area contributed by atoms with Gasteiger partial charge in [0.2, 0.25) is 0 Å². The van der Waals surface area contributed by atoms with Gasteiger partial charge in [-0.1, -0.05) is 41.4 Å². The zero-order valence-corrected chi connectivity index (χ0v) is 20.1. The fourth-order valence-corrected chi connectivity index (χ4v) is 4.03. The molecule has 1 aromatic heterocycles. The maximum atomic E-state index is 13.4. The van der Waals surface area contributed by atoms with Crippen molar-refractivity contribution in [1.29, 1.82) is 0 Å². The molecule has 0 amide bonds. The molecule has 35 heavy (non-hydrogen) atoms. The van der Waals surface area contributed by atoms with E-state index in [2.05, 4.69) is 5.10 Å². The molecule has 182 valence electrons. The summed E-state index contributed by atoms with van der Waals surface area (Å²) in [7, 11) is 3.15. The van der Waals surface area contributed by atoms with Crippen LogP contribution in [0.5, 0.6) is 17.2 Å². The number of nitrogens with zero attached hydrogens (tertiary/aromatic N) is 2. The Morgan fingerprint density at radius 3 is 2.11 bits per heavy atom. The van der Waals surface area contributed by atoms with Gasteiger partial charge < -0.3 is 14.2 Å². The van der Waals surface area contributed by atoms with E-state index in [1.54, 1.807) is 44.6 Å². The fourth-order valence-electron chi connectivity index (χ4n) is 3.47. The summed E-state index contributed by atoms with van der Waals surface area (Å²) in [6, 6.07) is 18.0. The number of hydrogen-bond acceptors (Lipinski definition) is 4. The average molecular weight is 523 g/mol. The standard InChI is InChI=1S/C25H19Cl2F3N2O3/c1-33-18-10-11-22(34-2)19(13-18)15-6-8-17(9-7-15)35-14-16-12-23(25(28,29)30)31-32(16)24-20(26)4-3-5-21(24)27/h3-13H,14H2,1-2H3. The molecule has 3 aromatic carbocycles. The Hall–Kier alpha value is -3.36. The molecule has 0 atom stereocenters. The molecule has 4 rings (SSSR count). The fraction of sp³-hybridized carbons (Fsp3) is 0.160. The van der Waals surface area contributed by atoms with Gasteiger partial charge >= 0.3 is 6.18 Å². The second-order valence-electron chi connectivity index (χ2n) is 7.38. The van der Waals surface area contributed by atoms with E-state index in [0.29, 0.717) is 17.2 Å². The Labute approximate surface area is 209 Å². The molecular weight excluding hydrogens is 504 g/mol. The van der Waals surface area contributed by atoms with Crippen LogP contribution < -0.4 is 14.2 Å². The molecule has 5 nitrogen and oxygen atoms in total. The van der Waals surface area contributed by atoms with Crippen LogP contribution >= 0.6 is 23.2 Å². The van der Waals surface area contributed by atoms with Crippen LogP contribution in [0.4, 0.5) is 13.2 Å². The summed E-state index contributed by atoms with van der Waals surface area (Å²) < 4.78 is 57.7. The van der Waals surface area contributed by atoms with Crippen LogP contribution in [0.3, 0.4) is 0 Å². The molecule has 0 N–H and O–H groups in total. The summed E-state index contributed by atoms with van der Waals surface area (Å²) in [5, 5.41) is 4.01. The SMILES string of the molecule is COc1ccc(OC)c(-c2ccc(OCc3cc(C(F)(F)F)nn3-c3c(Cl)cccc3Cl)cc2)c1. The zero-order valence-electron chi connectivity index (χ0n) is 18.6. The highest BCUT2D eigenvalue weighted by atomic mass is 35.5. The van der Waals surface area contributed by atoms with Gasteiger partial charge in [-0.2, -0.15) is 18.3 Å². The summed E-state index contributed by atoms with van der Waals surface area (Å²) in [5.41, 5.74) is 0.865. The number of para-hydroxylation sites is 1. The van der Waals surface area contributed by atoms with Gasteiger partial charge in [-0.25, -0.2) is 4.68 Å². The largest absolute Gasteiger partial charge is 0.497 e. The van der Waals surface area contributed by atoms with Gasteiger partial charge in [0.15, 0.2) is 5.69 Å². The van der Waals surface area contributed by atoms with Gasteiger partial charge in [-0.15, -0.1) is 0 Å². The zero-order chi connectivity index (χ0) is 25.2. The summed E-state index contributed by atoms with van der Waals surface area (Å²) >= 11 is 12.4. The maximum Gasteiger partial charge on any atom is 0.435 e. The van der Waals surface area contributed by atoms with E-state index in [-0.39, 0.29) is 28.0 Å². The molecule has 4 aromatic rings. The van der Waals surface area contributed by atoms with Crippen molar-refractivity contribution in [2.75, 3.05) is 14.2 Å². The minimum Gasteiger partial charge on any atom is -0.497 e. The summed E-state index contributed by atoms with van der Waals surface area (Å²) in [5.74, 6) is 1.79. The number of ether oxygens (including phenoxy) is 3. The number of aromatic nitrogens is 2. The van der Waals surface area contributed by atoms with Crippen molar-refractivity contribution >= 4 is 23.2 Å². The monoisotopic (exact) mass is 522 g/mol. The molecule has 10 heteroatoms. The van der Waals surface area contributed by atoms with E-state index in [1.807, 2.05) is 18.2 Å². The van der Waals surface area contributed by atoms with Crippen molar-refractivity contribution < 1.29 is 27.4 Å². The first-order valence-electron chi connectivity index (χ1n) is 10.3. The molecule has 0 saturated heterocycles. The van der Waals surface area contributed by atoms with Gasteiger partial charge in [0, 0.05) is 5.56 Å². The van der Waals surface area contributed by atoms with E-state index in [9.17, 15) is 13.2 Å². The van der Waals surface area contributed by atoms with E-state index in [4.69, 9.17) is 37.4 Å². The lowest BCUT2D eigenvalue weighted by molar-refractivity contribution is -0.141. The maximum absolute atomic E-state index is 13.4. The summed E-state index contributed by atoms with van der Waals surface area (Å²) in [6.45, 7) is -0.202. The molecular formula is C25H19Cl2F3N2O3. The lowest BCUT2D eigenvalue weighted by Gasteiger charge is -2.13. The predicted octanol–water partition coefficient (Wildman–Crippen LogP) is 7.46. The van der Waals surface area contributed by atoms with Crippen molar-refractivity contribution in [2.45, 2.75) is 12.8 Å². The third-order valence-corrected chi connectivity index (χ3v) is 5.79. The molecule has 0 aliphatic carbocycles. The normalized spacial score (nSPS) is 11.4. The summed E-state index contributed by atoms with van der Waals surface area (Å²) in [4.78, 5) is 0. The van der Waals surface area contributed by atoms with Crippen LogP contribution in [-0.4, -0.2) is 24.0 Å². The number of benzene rings is 3. The Morgan fingerprint density at radius 2 is 1.51 bits per heavy atom. The van der Waals surface area contributed by atoms with Gasteiger partial charge in [-0.3, -0.25) is 0 Å². The van der Waals surface area contributed by atoms with Crippen LogP contribution in [0.2, 0.25) is 10.0 Å². The minimum atomic E-state index is -4.65. The van der Waals surface area contributed by atoms with E-state index in [1.165, 1.54) is 12.1 Å². The van der Waals surface area contributed by atoms with Crippen molar-refractivity contribution in [3.05, 3.63) is 88.2 Å². The van der Waals surface area contributed by atoms with Crippen LogP contribution in [0.25, 0.3) is 16.8 Å². The first kappa shape index (κ1) is 24.8. The van der Waals surface area contributed by atoms with Crippen molar-refractivity contribution in [3.63, 3.8) is 0 Å². The highest BCUT2D eigenvalue weighted by Gasteiger charge is 2.35. The number of rotatable bonds is 7. The number of hydrogen-bond donors (Lipinski definition) is 0. The molecule has 0 aliphatic rings. The molecule has 0 aliphatic heterocycles. The lowest BCUT2D eigenvalue weighted by atomic mass is 10.0. The highest BCUT2D eigenvalue weighted by Crippen LogP contribution is 2.36. The van der Waals surface area contributed by atoms with Crippen LogP contribution in [-0.2, 0) is 12.8 Å². The third kappa shape index (κ3) is 5.33. The molecule has 0 radical (unpaired) electrons. The molecule has 0 spiro atoms. The lowest BCUT2D eigenvalue weighted by Crippen LogP contribution is -2.09. The van der Waals surface area contributed by atoms with E-state index < -0.39 is 11.9 Å². The second-order valence-corrected chi connectivity index (χ2v) is 8.19. The second kappa shape index (κ2) is 10.1. The van der Waals surface area contributed by atoms with Gasteiger partial charge in [-0.05, 0) is 54.1 Å². The molecule has 0 unspecified atom stereocenters. The van der Waals surface area contributed by atoms with Crippen LogP contribution in [0.1, 0.15) is 11.4 Å². The Balaban J connectivity index is 1.61. The Bertz CT molecular complexity index is 1320. The Morgan fingerprint density at radius 1 is 0.857 bits per heavy atom. The van der Waals surface area contributed by atoms with Crippen molar-refractivity contribution in [2.24, 2.45) is 0 Å². The number of halogens is 5.